The fourth-order valence-corrected chi connectivity index (χ4v) is 6.15. The molecule has 0 radical (unpaired) electrons. The molecule has 1 aliphatic heterocycles. The van der Waals surface area contributed by atoms with Crippen molar-refractivity contribution in [1.29, 1.82) is 0 Å². The lowest BCUT2D eigenvalue weighted by Gasteiger charge is -2.32. The highest BCUT2D eigenvalue weighted by molar-refractivity contribution is 8.00. The number of anilines is 2. The molecule has 0 bridgehead atoms. The van der Waals surface area contributed by atoms with Crippen LogP contribution in [0.15, 0.2) is 81.4 Å². The number of fused-ring (bicyclic) bond motifs is 2. The third-order valence-electron chi connectivity index (χ3n) is 3.80. The second-order valence-electron chi connectivity index (χ2n) is 5.38. The molecule has 0 spiro atoms. The highest BCUT2D eigenvalue weighted by Crippen LogP contribution is 2.50. The number of hydrogen-bond donors (Lipinski definition) is 0. The molecule has 0 atom stereocenters. The molecule has 0 fully saturated rings. The molecule has 126 valence electrons. The second kappa shape index (κ2) is 6.25. The molecule has 1 aliphatic rings. The predicted molar refractivity (Wildman–Crippen MR) is 103 cm³/mol. The first-order valence-electron chi connectivity index (χ1n) is 7.35. The van der Waals surface area contributed by atoms with Crippen molar-refractivity contribution < 1.29 is 8.42 Å². The maximum Gasteiger partial charge on any atom is 0.270 e. The van der Waals surface area contributed by atoms with Crippen LogP contribution in [0.25, 0.3) is 0 Å². The monoisotopic (exact) mass is 407 g/mol. The summed E-state index contributed by atoms with van der Waals surface area (Å²) in [4.78, 5) is 1.71. The van der Waals surface area contributed by atoms with Crippen LogP contribution in [0.3, 0.4) is 0 Å². The van der Waals surface area contributed by atoms with Gasteiger partial charge in [0.05, 0.1) is 16.4 Å². The topological polar surface area (TPSA) is 37.4 Å². The normalized spacial score (nSPS) is 13.3. The number of nitrogens with zero attached hydrogens (tertiary/aromatic N) is 1. The van der Waals surface area contributed by atoms with E-state index in [2.05, 4.69) is 0 Å². The van der Waals surface area contributed by atoms with Gasteiger partial charge in [0.25, 0.3) is 10.0 Å². The molecule has 0 saturated carbocycles. The molecule has 0 N–H and O–H groups in total. The van der Waals surface area contributed by atoms with Crippen molar-refractivity contribution >= 4 is 56.4 Å². The van der Waals surface area contributed by atoms with E-state index >= 15 is 0 Å². The van der Waals surface area contributed by atoms with E-state index in [-0.39, 0.29) is 9.92 Å². The SMILES string of the molecule is O=S(=O)(c1cc(Cl)ccc1Cl)N1c2ccccc2Sc2ccccc21. The third-order valence-corrected chi connectivity index (χ3v) is 7.37. The Morgan fingerprint density at radius 3 is 1.96 bits per heavy atom. The van der Waals surface area contributed by atoms with Gasteiger partial charge in [0.1, 0.15) is 4.90 Å². The Hall–Kier alpha value is -1.66. The Balaban J connectivity index is 2.00. The van der Waals surface area contributed by atoms with Gasteiger partial charge < -0.3 is 0 Å². The van der Waals surface area contributed by atoms with Gasteiger partial charge >= 0.3 is 0 Å². The van der Waals surface area contributed by atoms with Crippen LogP contribution in [-0.4, -0.2) is 8.42 Å². The van der Waals surface area contributed by atoms with Gasteiger partial charge in [-0.05, 0) is 42.5 Å². The van der Waals surface area contributed by atoms with Crippen molar-refractivity contribution in [1.82, 2.24) is 0 Å². The van der Waals surface area contributed by atoms with Gasteiger partial charge in [0.15, 0.2) is 0 Å². The summed E-state index contributed by atoms with van der Waals surface area (Å²) in [7, 11) is -3.94. The van der Waals surface area contributed by atoms with Crippen molar-refractivity contribution in [2.45, 2.75) is 14.7 Å². The second-order valence-corrected chi connectivity index (χ2v) is 9.06. The van der Waals surface area contributed by atoms with Crippen molar-refractivity contribution in [3.8, 4) is 0 Å². The molecule has 3 aromatic rings. The number of benzene rings is 3. The summed E-state index contributed by atoms with van der Waals surface area (Å²) in [5.41, 5.74) is 1.20. The van der Waals surface area contributed by atoms with Crippen molar-refractivity contribution in [3.63, 3.8) is 0 Å². The standard InChI is InChI=1S/C18H11Cl2NO2S2/c19-12-9-10-13(20)18(11-12)25(22,23)21-14-5-1-3-7-16(14)24-17-8-4-2-6-15(17)21/h1-11H. The number of halogens is 2. The Morgan fingerprint density at radius 2 is 1.36 bits per heavy atom. The van der Waals surface area contributed by atoms with Crippen LogP contribution in [0.1, 0.15) is 0 Å². The molecule has 4 rings (SSSR count). The first-order chi connectivity index (χ1) is 12.0. The van der Waals surface area contributed by atoms with Crippen molar-refractivity contribution in [3.05, 3.63) is 76.8 Å². The minimum Gasteiger partial charge on any atom is -0.232 e. The summed E-state index contributed by atoms with van der Waals surface area (Å²) >= 11 is 13.7. The molecule has 0 aromatic heterocycles. The minimum absolute atomic E-state index is 0.0156. The Morgan fingerprint density at radius 1 is 0.800 bits per heavy atom. The van der Waals surface area contributed by atoms with Crippen LogP contribution >= 0.6 is 35.0 Å². The summed E-state index contributed by atoms with van der Waals surface area (Å²) in [5.74, 6) is 0. The fourth-order valence-electron chi connectivity index (χ4n) is 2.70. The maximum atomic E-state index is 13.5. The molecule has 0 unspecified atom stereocenters. The van der Waals surface area contributed by atoms with E-state index in [1.54, 1.807) is 18.2 Å². The summed E-state index contributed by atoms with van der Waals surface area (Å²) < 4.78 is 28.3. The largest absolute Gasteiger partial charge is 0.270 e. The van der Waals surface area contributed by atoms with Gasteiger partial charge in [-0.3, -0.25) is 0 Å². The molecular weight excluding hydrogens is 397 g/mol. The van der Waals surface area contributed by atoms with E-state index < -0.39 is 10.0 Å². The zero-order valence-electron chi connectivity index (χ0n) is 12.7. The lowest BCUT2D eigenvalue weighted by atomic mass is 10.2. The molecule has 0 saturated heterocycles. The smallest absolute Gasteiger partial charge is 0.232 e. The number of para-hydroxylation sites is 2. The van der Waals surface area contributed by atoms with Gasteiger partial charge in [0, 0.05) is 14.8 Å². The van der Waals surface area contributed by atoms with E-state index in [9.17, 15) is 8.42 Å². The highest BCUT2D eigenvalue weighted by atomic mass is 35.5. The molecule has 7 heteroatoms. The molecule has 0 aliphatic carbocycles. The molecule has 3 aromatic carbocycles. The van der Waals surface area contributed by atoms with E-state index in [1.165, 1.54) is 28.2 Å². The zero-order valence-corrected chi connectivity index (χ0v) is 15.8. The Bertz CT molecular complexity index is 1040. The Labute approximate surface area is 160 Å². The summed E-state index contributed by atoms with van der Waals surface area (Å²) in [6, 6.07) is 19.2. The lowest BCUT2D eigenvalue weighted by Crippen LogP contribution is -2.28. The van der Waals surface area contributed by atoms with Crippen LogP contribution in [0.5, 0.6) is 0 Å². The summed E-state index contributed by atoms with van der Waals surface area (Å²) in [6.45, 7) is 0. The summed E-state index contributed by atoms with van der Waals surface area (Å²) in [6.07, 6.45) is 0. The first kappa shape index (κ1) is 16.8. The summed E-state index contributed by atoms with van der Waals surface area (Å²) in [5, 5.41) is 0.452. The van der Waals surface area contributed by atoms with Crippen LogP contribution in [0.2, 0.25) is 10.0 Å². The van der Waals surface area contributed by atoms with Gasteiger partial charge in [0.2, 0.25) is 0 Å². The highest BCUT2D eigenvalue weighted by Gasteiger charge is 2.34. The van der Waals surface area contributed by atoms with Crippen LogP contribution < -0.4 is 4.31 Å². The Kier molecular flexibility index (Phi) is 4.20. The lowest BCUT2D eigenvalue weighted by molar-refractivity contribution is 0.595. The first-order valence-corrected chi connectivity index (χ1v) is 10.4. The van der Waals surface area contributed by atoms with E-state index in [4.69, 9.17) is 23.2 Å². The van der Waals surface area contributed by atoms with Crippen molar-refractivity contribution in [2.24, 2.45) is 0 Å². The van der Waals surface area contributed by atoms with Crippen LogP contribution in [0, 0.1) is 0 Å². The average Bonchev–Trinajstić information content (AvgIpc) is 2.61. The molecule has 1 heterocycles. The average molecular weight is 408 g/mol. The zero-order chi connectivity index (χ0) is 17.6. The quantitative estimate of drug-likeness (QED) is 0.523. The van der Waals surface area contributed by atoms with Crippen molar-refractivity contribution in [2.75, 3.05) is 4.31 Å². The number of sulfonamides is 1. The van der Waals surface area contributed by atoms with Gasteiger partial charge in [-0.1, -0.05) is 59.2 Å². The number of hydrogen-bond acceptors (Lipinski definition) is 3. The molecular formula is C18H11Cl2NO2S2. The molecule has 0 amide bonds. The van der Waals surface area contributed by atoms with E-state index in [0.29, 0.717) is 16.4 Å². The molecule has 25 heavy (non-hydrogen) atoms. The van der Waals surface area contributed by atoms with Crippen LogP contribution in [0.4, 0.5) is 11.4 Å². The van der Waals surface area contributed by atoms with Gasteiger partial charge in [-0.2, -0.15) is 0 Å². The maximum absolute atomic E-state index is 13.5. The van der Waals surface area contributed by atoms with Gasteiger partial charge in [-0.15, -0.1) is 0 Å². The molecule has 3 nitrogen and oxygen atoms in total. The van der Waals surface area contributed by atoms with Gasteiger partial charge in [-0.25, -0.2) is 12.7 Å². The third kappa shape index (κ3) is 2.81. The minimum atomic E-state index is -3.94. The van der Waals surface area contributed by atoms with Crippen LogP contribution in [-0.2, 0) is 10.0 Å². The van der Waals surface area contributed by atoms with E-state index in [1.807, 2.05) is 36.4 Å². The van der Waals surface area contributed by atoms with E-state index in [0.717, 1.165) is 9.79 Å². The predicted octanol–water partition coefficient (Wildman–Crippen LogP) is 5.99. The number of rotatable bonds is 2. The fraction of sp³-hybridized carbons (Fsp3) is 0.